The molecule has 0 aliphatic rings. The van der Waals surface area contributed by atoms with Gasteiger partial charge in [0.25, 0.3) is 0 Å². The number of hydrogen-bond donors (Lipinski definition) is 2. The van der Waals surface area contributed by atoms with Crippen LogP contribution in [0.3, 0.4) is 0 Å². The molecule has 0 aliphatic heterocycles. The van der Waals surface area contributed by atoms with Crippen molar-refractivity contribution in [3.63, 3.8) is 0 Å². The number of aryl methyl sites for hydroxylation is 1. The van der Waals surface area contributed by atoms with Crippen molar-refractivity contribution in [2.75, 3.05) is 5.32 Å². The molecule has 2 rings (SSSR count). The third-order valence-corrected chi connectivity index (χ3v) is 2.61. The summed E-state index contributed by atoms with van der Waals surface area (Å²) < 4.78 is 26.3. The Kier molecular flexibility index (Phi) is 3.46. The van der Waals surface area contributed by atoms with Crippen molar-refractivity contribution < 1.29 is 13.9 Å². The maximum Gasteiger partial charge on any atom is 0.128 e. The van der Waals surface area contributed by atoms with E-state index in [-0.39, 0.29) is 11.6 Å². The van der Waals surface area contributed by atoms with Gasteiger partial charge >= 0.3 is 0 Å². The molecule has 0 aliphatic carbocycles. The van der Waals surface area contributed by atoms with E-state index < -0.39 is 5.82 Å². The highest BCUT2D eigenvalue weighted by atomic mass is 19.1. The molecule has 0 aromatic heterocycles. The minimum absolute atomic E-state index is 0.123. The summed E-state index contributed by atoms with van der Waals surface area (Å²) in [4.78, 5) is 0. The Balaban J connectivity index is 2.08. The molecule has 0 radical (unpaired) electrons. The van der Waals surface area contributed by atoms with Crippen LogP contribution in [0.5, 0.6) is 5.75 Å². The number of phenolic OH excluding ortho intramolecular Hbond substituents is 1. The molecule has 0 amide bonds. The quantitative estimate of drug-likeness (QED) is 0.871. The van der Waals surface area contributed by atoms with Gasteiger partial charge in [0.05, 0.1) is 0 Å². The molecule has 0 fully saturated rings. The van der Waals surface area contributed by atoms with Crippen LogP contribution in [0.15, 0.2) is 36.4 Å². The van der Waals surface area contributed by atoms with E-state index in [1.54, 1.807) is 19.1 Å². The van der Waals surface area contributed by atoms with Gasteiger partial charge in [-0.1, -0.05) is 6.07 Å². The Morgan fingerprint density at radius 2 is 1.89 bits per heavy atom. The Morgan fingerprint density at radius 1 is 1.11 bits per heavy atom. The summed E-state index contributed by atoms with van der Waals surface area (Å²) in [5.41, 5.74) is 1.78. The molecule has 94 valence electrons. The first-order valence-corrected chi connectivity index (χ1v) is 5.53. The second-order valence-electron chi connectivity index (χ2n) is 4.14. The number of phenols is 1. The number of nitrogens with one attached hydrogen (secondary N) is 1. The molecule has 0 heterocycles. The summed E-state index contributed by atoms with van der Waals surface area (Å²) in [5, 5.41) is 12.2. The summed E-state index contributed by atoms with van der Waals surface area (Å²) in [5.74, 6) is -0.911. The van der Waals surface area contributed by atoms with E-state index in [0.29, 0.717) is 23.4 Å². The molecule has 0 spiro atoms. The first-order valence-electron chi connectivity index (χ1n) is 5.53. The van der Waals surface area contributed by atoms with Gasteiger partial charge in [-0.3, -0.25) is 0 Å². The smallest absolute Gasteiger partial charge is 0.128 e. The van der Waals surface area contributed by atoms with Crippen LogP contribution in [0.25, 0.3) is 0 Å². The second-order valence-corrected chi connectivity index (χ2v) is 4.14. The normalized spacial score (nSPS) is 10.4. The minimum atomic E-state index is -0.498. The lowest BCUT2D eigenvalue weighted by Gasteiger charge is -2.08. The molecule has 0 saturated heterocycles. The third-order valence-electron chi connectivity index (χ3n) is 2.61. The van der Waals surface area contributed by atoms with Gasteiger partial charge in [-0.25, -0.2) is 8.78 Å². The predicted molar refractivity (Wildman–Crippen MR) is 66.5 cm³/mol. The Bertz CT molecular complexity index is 549. The van der Waals surface area contributed by atoms with E-state index in [1.165, 1.54) is 18.2 Å². The highest BCUT2D eigenvalue weighted by molar-refractivity contribution is 5.46. The van der Waals surface area contributed by atoms with Gasteiger partial charge in [0, 0.05) is 18.3 Å². The van der Waals surface area contributed by atoms with Crippen LogP contribution in [-0.4, -0.2) is 5.11 Å². The molecular weight excluding hydrogens is 236 g/mol. The van der Waals surface area contributed by atoms with Crippen LogP contribution < -0.4 is 5.32 Å². The summed E-state index contributed by atoms with van der Waals surface area (Å²) in [6.45, 7) is 2.00. The van der Waals surface area contributed by atoms with Gasteiger partial charge in [0.15, 0.2) is 0 Å². The van der Waals surface area contributed by atoms with Crippen molar-refractivity contribution in [2.24, 2.45) is 0 Å². The van der Waals surface area contributed by atoms with Crippen molar-refractivity contribution in [1.29, 1.82) is 0 Å². The molecule has 4 heteroatoms. The Morgan fingerprint density at radius 3 is 2.56 bits per heavy atom. The van der Waals surface area contributed by atoms with Gasteiger partial charge in [-0.2, -0.15) is 0 Å². The minimum Gasteiger partial charge on any atom is -0.508 e. The molecule has 0 saturated carbocycles. The second kappa shape index (κ2) is 5.04. The first-order chi connectivity index (χ1) is 8.54. The molecule has 2 nitrogen and oxygen atoms in total. The highest BCUT2D eigenvalue weighted by Gasteiger charge is 2.02. The van der Waals surface area contributed by atoms with Crippen molar-refractivity contribution in [1.82, 2.24) is 0 Å². The Hall–Kier alpha value is -2.10. The molecular formula is C14H13F2NO. The maximum atomic E-state index is 13.3. The lowest BCUT2D eigenvalue weighted by atomic mass is 10.2. The summed E-state index contributed by atoms with van der Waals surface area (Å²) in [6.07, 6.45) is 0. The number of anilines is 1. The molecule has 2 aromatic carbocycles. The number of halogens is 2. The largest absolute Gasteiger partial charge is 0.508 e. The number of benzene rings is 2. The summed E-state index contributed by atoms with van der Waals surface area (Å²) in [7, 11) is 0. The predicted octanol–water partition coefficient (Wildman–Crippen LogP) is 3.59. The van der Waals surface area contributed by atoms with Crippen molar-refractivity contribution >= 4 is 5.69 Å². The summed E-state index contributed by atoms with van der Waals surface area (Å²) in [6, 6.07) is 8.61. The van der Waals surface area contributed by atoms with E-state index in [1.807, 2.05) is 0 Å². The van der Waals surface area contributed by atoms with E-state index in [2.05, 4.69) is 5.32 Å². The lowest BCUT2D eigenvalue weighted by Crippen LogP contribution is -2.00. The first kappa shape index (κ1) is 12.4. The average molecular weight is 249 g/mol. The zero-order valence-electron chi connectivity index (χ0n) is 9.87. The van der Waals surface area contributed by atoms with Gasteiger partial charge in [0.2, 0.25) is 0 Å². The van der Waals surface area contributed by atoms with Crippen LogP contribution in [0, 0.1) is 18.6 Å². The average Bonchev–Trinajstić information content (AvgIpc) is 2.29. The molecule has 2 aromatic rings. The fourth-order valence-corrected chi connectivity index (χ4v) is 1.64. The SMILES string of the molecule is Cc1ccc(NCc2cc(O)cc(F)c2)cc1F. The third kappa shape index (κ3) is 2.97. The van der Waals surface area contributed by atoms with E-state index in [4.69, 9.17) is 0 Å². The van der Waals surface area contributed by atoms with E-state index in [9.17, 15) is 13.9 Å². The van der Waals surface area contributed by atoms with E-state index >= 15 is 0 Å². The lowest BCUT2D eigenvalue weighted by molar-refractivity contribution is 0.468. The molecule has 0 bridgehead atoms. The molecule has 18 heavy (non-hydrogen) atoms. The van der Waals surface area contributed by atoms with Gasteiger partial charge < -0.3 is 10.4 Å². The van der Waals surface area contributed by atoms with Crippen molar-refractivity contribution in [3.05, 3.63) is 59.2 Å². The van der Waals surface area contributed by atoms with Gasteiger partial charge in [-0.05, 0) is 42.3 Å². The molecule has 0 atom stereocenters. The van der Waals surface area contributed by atoms with Crippen LogP contribution in [-0.2, 0) is 6.54 Å². The highest BCUT2D eigenvalue weighted by Crippen LogP contribution is 2.17. The van der Waals surface area contributed by atoms with Crippen LogP contribution in [0.1, 0.15) is 11.1 Å². The number of hydrogen-bond acceptors (Lipinski definition) is 2. The fraction of sp³-hybridized carbons (Fsp3) is 0.143. The fourth-order valence-electron chi connectivity index (χ4n) is 1.64. The van der Waals surface area contributed by atoms with Gasteiger partial charge in [-0.15, -0.1) is 0 Å². The van der Waals surface area contributed by atoms with Crippen molar-refractivity contribution in [2.45, 2.75) is 13.5 Å². The zero-order chi connectivity index (χ0) is 13.1. The van der Waals surface area contributed by atoms with Crippen LogP contribution in [0.2, 0.25) is 0 Å². The number of aromatic hydroxyl groups is 1. The molecule has 0 unspecified atom stereocenters. The topological polar surface area (TPSA) is 32.3 Å². The molecule has 2 N–H and O–H groups in total. The van der Waals surface area contributed by atoms with Crippen LogP contribution >= 0.6 is 0 Å². The Labute approximate surface area is 104 Å². The number of rotatable bonds is 3. The maximum absolute atomic E-state index is 13.3. The standard InChI is InChI=1S/C14H13F2NO/c1-9-2-3-12(7-14(9)16)17-8-10-4-11(15)6-13(18)5-10/h2-7,17-18H,8H2,1H3. The van der Waals surface area contributed by atoms with E-state index in [0.717, 1.165) is 6.07 Å². The van der Waals surface area contributed by atoms with Crippen molar-refractivity contribution in [3.8, 4) is 5.75 Å². The van der Waals surface area contributed by atoms with Crippen LogP contribution in [0.4, 0.5) is 14.5 Å². The summed E-state index contributed by atoms with van der Waals surface area (Å²) >= 11 is 0. The zero-order valence-corrected chi connectivity index (χ0v) is 9.87. The van der Waals surface area contributed by atoms with Gasteiger partial charge in [0.1, 0.15) is 17.4 Å². The monoisotopic (exact) mass is 249 g/mol.